The summed E-state index contributed by atoms with van der Waals surface area (Å²) in [7, 11) is 0. The third-order valence-corrected chi connectivity index (χ3v) is 3.20. The van der Waals surface area contributed by atoms with Crippen molar-refractivity contribution >= 4 is 40.8 Å². The zero-order valence-corrected chi connectivity index (χ0v) is 11.5. The van der Waals surface area contributed by atoms with Crippen molar-refractivity contribution in [3.63, 3.8) is 0 Å². The highest BCUT2D eigenvalue weighted by Crippen LogP contribution is 2.24. The number of H-pyrrole nitrogens is 1. The Hall–Kier alpha value is -2.12. The fraction of sp³-hybridized carbons (Fsp3) is 0. The van der Waals surface area contributed by atoms with Crippen LogP contribution in [0.25, 0.3) is 0 Å². The first-order chi connectivity index (χ1) is 9.79. The summed E-state index contributed by atoms with van der Waals surface area (Å²) < 4.78 is 26.8. The van der Waals surface area contributed by atoms with Crippen LogP contribution in [0.2, 0.25) is 10.2 Å². The summed E-state index contributed by atoms with van der Waals surface area (Å²) in [6.07, 6.45) is 0. The molecule has 0 aliphatic carbocycles. The van der Waals surface area contributed by atoms with Crippen LogP contribution < -0.4 is 5.32 Å². The van der Waals surface area contributed by atoms with E-state index in [0.29, 0.717) is 12.1 Å². The zero-order valence-electron chi connectivity index (χ0n) is 10.0. The van der Waals surface area contributed by atoms with Crippen molar-refractivity contribution in [1.29, 1.82) is 0 Å². The molecule has 5 nitrogen and oxygen atoms in total. The molecule has 0 fully saturated rings. The quantitative estimate of drug-likeness (QED) is 0.802. The highest BCUT2D eigenvalue weighted by Gasteiger charge is 2.18. The monoisotopic (exact) mass is 334 g/mol. The van der Waals surface area contributed by atoms with Gasteiger partial charge in [0, 0.05) is 6.07 Å². The van der Waals surface area contributed by atoms with Gasteiger partial charge in [0.2, 0.25) is 0 Å². The summed E-state index contributed by atoms with van der Waals surface area (Å²) in [4.78, 5) is 25.0. The Morgan fingerprint density at radius 2 is 1.81 bits per heavy atom. The molecule has 1 aromatic carbocycles. The van der Waals surface area contributed by atoms with Crippen molar-refractivity contribution in [2.24, 2.45) is 0 Å². The van der Waals surface area contributed by atoms with E-state index in [2.05, 4.69) is 10.3 Å². The average molecular weight is 335 g/mol. The second kappa shape index (κ2) is 5.71. The van der Waals surface area contributed by atoms with Crippen LogP contribution >= 0.6 is 23.2 Å². The van der Waals surface area contributed by atoms with Gasteiger partial charge < -0.3 is 15.4 Å². The Kier molecular flexibility index (Phi) is 4.15. The first-order valence-corrected chi connectivity index (χ1v) is 6.13. The van der Waals surface area contributed by atoms with Crippen LogP contribution in [0, 0.1) is 11.6 Å². The molecule has 0 radical (unpaired) electrons. The lowest BCUT2D eigenvalue weighted by Gasteiger charge is -2.07. The maximum atomic E-state index is 13.5. The van der Waals surface area contributed by atoms with Crippen LogP contribution in [0.3, 0.4) is 0 Å². The van der Waals surface area contributed by atoms with Crippen LogP contribution in [0.4, 0.5) is 14.5 Å². The summed E-state index contributed by atoms with van der Waals surface area (Å²) in [5.74, 6) is -4.77. The molecule has 1 heterocycles. The first kappa shape index (κ1) is 15.3. The summed E-state index contributed by atoms with van der Waals surface area (Å²) in [6.45, 7) is 0. The molecule has 0 saturated heterocycles. The van der Waals surface area contributed by atoms with Gasteiger partial charge in [-0.1, -0.05) is 23.2 Å². The van der Waals surface area contributed by atoms with E-state index in [1.807, 2.05) is 0 Å². The van der Waals surface area contributed by atoms with Gasteiger partial charge >= 0.3 is 5.97 Å². The molecule has 2 aromatic rings. The number of aromatic carboxylic acids is 1. The van der Waals surface area contributed by atoms with Crippen molar-refractivity contribution in [2.45, 2.75) is 0 Å². The standard InChI is InChI=1S/C12H6Cl2F2N2O3/c13-5-2-9(17-10(5)14)11(19)18-8-1-4(12(20)21)6(15)3-7(8)16/h1-3,17H,(H,18,19)(H,20,21). The van der Waals surface area contributed by atoms with E-state index in [0.717, 1.165) is 0 Å². The highest BCUT2D eigenvalue weighted by atomic mass is 35.5. The van der Waals surface area contributed by atoms with Crippen molar-refractivity contribution in [1.82, 2.24) is 4.98 Å². The molecular formula is C12H6Cl2F2N2O3. The van der Waals surface area contributed by atoms with Gasteiger partial charge in [-0.2, -0.15) is 0 Å². The topological polar surface area (TPSA) is 82.2 Å². The molecule has 0 atom stereocenters. The van der Waals surface area contributed by atoms with Crippen molar-refractivity contribution in [2.75, 3.05) is 5.32 Å². The van der Waals surface area contributed by atoms with Crippen molar-refractivity contribution in [3.8, 4) is 0 Å². The molecule has 9 heteroatoms. The summed E-state index contributed by atoms with van der Waals surface area (Å²) in [6, 6.07) is 2.25. The predicted octanol–water partition coefficient (Wildman–Crippen LogP) is 3.55. The number of carbonyl (C=O) groups is 2. The number of rotatable bonds is 3. The third-order valence-electron chi connectivity index (χ3n) is 2.51. The number of carbonyl (C=O) groups excluding carboxylic acids is 1. The first-order valence-electron chi connectivity index (χ1n) is 5.37. The lowest BCUT2D eigenvalue weighted by molar-refractivity contribution is 0.0691. The zero-order chi connectivity index (χ0) is 15.7. The van der Waals surface area contributed by atoms with Crippen LogP contribution in [0.15, 0.2) is 18.2 Å². The minimum absolute atomic E-state index is 0.0209. The summed E-state index contributed by atoms with van der Waals surface area (Å²) >= 11 is 11.3. The fourth-order valence-corrected chi connectivity index (χ4v) is 1.84. The van der Waals surface area contributed by atoms with Gasteiger partial charge in [-0.25, -0.2) is 13.6 Å². The third kappa shape index (κ3) is 3.14. The molecular weight excluding hydrogens is 329 g/mol. The van der Waals surface area contributed by atoms with Gasteiger partial charge in [-0.15, -0.1) is 0 Å². The number of anilines is 1. The highest BCUT2D eigenvalue weighted by molar-refractivity contribution is 6.41. The van der Waals surface area contributed by atoms with Gasteiger partial charge in [0.25, 0.3) is 5.91 Å². The number of benzene rings is 1. The van der Waals surface area contributed by atoms with Crippen molar-refractivity contribution in [3.05, 3.63) is 51.3 Å². The second-order valence-corrected chi connectivity index (χ2v) is 4.70. The van der Waals surface area contributed by atoms with Crippen LogP contribution in [0.5, 0.6) is 0 Å². The number of halogens is 4. The molecule has 3 N–H and O–H groups in total. The maximum Gasteiger partial charge on any atom is 0.338 e. The second-order valence-electron chi connectivity index (χ2n) is 3.92. The number of carboxylic acids is 1. The van der Waals surface area contributed by atoms with Crippen molar-refractivity contribution < 1.29 is 23.5 Å². The molecule has 0 saturated carbocycles. The smallest absolute Gasteiger partial charge is 0.338 e. The molecule has 1 aromatic heterocycles. The molecule has 1 amide bonds. The molecule has 0 aliphatic heterocycles. The van der Waals surface area contributed by atoms with Gasteiger partial charge in [-0.05, 0) is 12.1 Å². The number of hydrogen-bond donors (Lipinski definition) is 3. The fourth-order valence-electron chi connectivity index (χ4n) is 1.52. The van der Waals surface area contributed by atoms with Crippen LogP contribution in [-0.2, 0) is 0 Å². The SMILES string of the molecule is O=C(Nc1cc(C(=O)O)c(F)cc1F)c1cc(Cl)c(Cl)[nH]1. The van der Waals surface area contributed by atoms with E-state index in [9.17, 15) is 18.4 Å². The average Bonchev–Trinajstić information content (AvgIpc) is 2.72. The molecule has 0 unspecified atom stereocenters. The Balaban J connectivity index is 2.33. The van der Waals surface area contributed by atoms with Gasteiger partial charge in [0.05, 0.1) is 16.3 Å². The van der Waals surface area contributed by atoms with E-state index >= 15 is 0 Å². The number of amides is 1. The number of nitrogens with one attached hydrogen (secondary N) is 2. The van der Waals surface area contributed by atoms with Gasteiger partial charge in [-0.3, -0.25) is 4.79 Å². The Morgan fingerprint density at radius 1 is 1.14 bits per heavy atom. The number of aromatic amines is 1. The molecule has 110 valence electrons. The number of carboxylic acid groups (broad SMARTS) is 1. The van der Waals surface area contributed by atoms with Gasteiger partial charge in [0.15, 0.2) is 0 Å². The molecule has 21 heavy (non-hydrogen) atoms. The molecule has 2 rings (SSSR count). The van der Waals surface area contributed by atoms with Gasteiger partial charge in [0.1, 0.15) is 22.5 Å². The maximum absolute atomic E-state index is 13.5. The summed E-state index contributed by atoms with van der Waals surface area (Å²) in [5, 5.41) is 11.0. The normalized spacial score (nSPS) is 10.5. The Labute approximate surface area is 126 Å². The van der Waals surface area contributed by atoms with E-state index in [1.54, 1.807) is 0 Å². The van der Waals surface area contributed by atoms with E-state index in [-0.39, 0.29) is 15.9 Å². The largest absolute Gasteiger partial charge is 0.478 e. The van der Waals surface area contributed by atoms with E-state index in [1.165, 1.54) is 6.07 Å². The predicted molar refractivity (Wildman–Crippen MR) is 72.1 cm³/mol. The Morgan fingerprint density at radius 3 is 2.33 bits per heavy atom. The van der Waals surface area contributed by atoms with E-state index in [4.69, 9.17) is 28.3 Å². The minimum Gasteiger partial charge on any atom is -0.478 e. The molecule has 0 bridgehead atoms. The lowest BCUT2D eigenvalue weighted by atomic mass is 10.1. The number of aromatic nitrogens is 1. The van der Waals surface area contributed by atoms with Crippen LogP contribution in [0.1, 0.15) is 20.8 Å². The van der Waals surface area contributed by atoms with Crippen LogP contribution in [-0.4, -0.2) is 22.0 Å². The lowest BCUT2D eigenvalue weighted by Crippen LogP contribution is -2.14. The van der Waals surface area contributed by atoms with E-state index < -0.39 is 34.8 Å². The molecule has 0 aliphatic rings. The Bertz CT molecular complexity index is 727. The number of hydrogen-bond acceptors (Lipinski definition) is 2. The summed E-state index contributed by atoms with van der Waals surface area (Å²) in [5.41, 5.74) is -1.32. The molecule has 0 spiro atoms. The minimum atomic E-state index is -1.59.